The highest BCUT2D eigenvalue weighted by Crippen LogP contribution is 2.17. The van der Waals surface area contributed by atoms with Crippen molar-refractivity contribution in [1.29, 1.82) is 0 Å². The summed E-state index contributed by atoms with van der Waals surface area (Å²) in [6.45, 7) is 6.88. The van der Waals surface area contributed by atoms with Crippen LogP contribution in [-0.4, -0.2) is 45.7 Å². The molecule has 1 aliphatic rings. The van der Waals surface area contributed by atoms with Gasteiger partial charge < -0.3 is 15.0 Å². The van der Waals surface area contributed by atoms with Crippen molar-refractivity contribution < 1.29 is 9.53 Å². The molecule has 1 fully saturated rings. The van der Waals surface area contributed by atoms with Gasteiger partial charge >= 0.3 is 6.09 Å². The summed E-state index contributed by atoms with van der Waals surface area (Å²) in [4.78, 5) is 22.0. The number of aromatic nitrogens is 2. The number of carbonyl (C=O) groups is 1. The third-order valence-electron chi connectivity index (χ3n) is 3.03. The van der Waals surface area contributed by atoms with E-state index in [2.05, 4.69) is 15.3 Å². The smallest absolute Gasteiger partial charge is 0.410 e. The zero-order valence-electron chi connectivity index (χ0n) is 12.6. The summed E-state index contributed by atoms with van der Waals surface area (Å²) in [5.41, 5.74) is -0.479. The molecule has 1 aliphatic heterocycles. The Hall–Kier alpha value is -1.56. The molecule has 1 aromatic rings. The van der Waals surface area contributed by atoms with Gasteiger partial charge in [0, 0.05) is 25.3 Å². The molecular formula is C14H21ClN4O2. The number of piperidine rings is 1. The Labute approximate surface area is 129 Å². The number of hydrogen-bond donors (Lipinski definition) is 1. The van der Waals surface area contributed by atoms with E-state index in [-0.39, 0.29) is 12.1 Å². The van der Waals surface area contributed by atoms with Gasteiger partial charge in [-0.25, -0.2) is 14.8 Å². The van der Waals surface area contributed by atoms with Gasteiger partial charge in [0.15, 0.2) is 0 Å². The molecule has 7 heteroatoms. The number of halogens is 1. The SMILES string of the molecule is CC(C)(C)OC(=O)N1CCCC(Nc2nccc(Cl)n2)C1. The molecule has 2 rings (SSSR count). The van der Waals surface area contributed by atoms with Crippen molar-refractivity contribution in [3.05, 3.63) is 17.4 Å². The minimum absolute atomic E-state index is 0.102. The summed E-state index contributed by atoms with van der Waals surface area (Å²) < 4.78 is 5.40. The molecule has 0 aromatic carbocycles. The largest absolute Gasteiger partial charge is 0.444 e. The summed E-state index contributed by atoms with van der Waals surface area (Å²) in [6.07, 6.45) is 3.19. The van der Waals surface area contributed by atoms with Crippen molar-refractivity contribution >= 4 is 23.6 Å². The van der Waals surface area contributed by atoms with Gasteiger partial charge in [0.2, 0.25) is 5.95 Å². The summed E-state index contributed by atoms with van der Waals surface area (Å²) in [7, 11) is 0. The molecule has 1 saturated heterocycles. The van der Waals surface area contributed by atoms with E-state index >= 15 is 0 Å². The lowest BCUT2D eigenvalue weighted by molar-refractivity contribution is 0.0206. The first-order valence-corrected chi connectivity index (χ1v) is 7.44. The molecule has 1 aromatic heterocycles. The normalized spacial score (nSPS) is 19.2. The molecule has 0 spiro atoms. The van der Waals surface area contributed by atoms with Gasteiger partial charge in [-0.15, -0.1) is 0 Å². The van der Waals surface area contributed by atoms with E-state index in [1.807, 2.05) is 20.8 Å². The molecule has 1 N–H and O–H groups in total. The van der Waals surface area contributed by atoms with Crippen LogP contribution in [0.5, 0.6) is 0 Å². The monoisotopic (exact) mass is 312 g/mol. The van der Waals surface area contributed by atoms with Crippen LogP contribution in [0.4, 0.5) is 10.7 Å². The lowest BCUT2D eigenvalue weighted by atomic mass is 10.1. The second kappa shape index (κ2) is 6.47. The predicted octanol–water partition coefficient (Wildman–Crippen LogP) is 2.94. The maximum Gasteiger partial charge on any atom is 0.410 e. The fourth-order valence-electron chi connectivity index (χ4n) is 2.18. The average Bonchev–Trinajstić information content (AvgIpc) is 2.37. The topological polar surface area (TPSA) is 67.3 Å². The lowest BCUT2D eigenvalue weighted by Crippen LogP contribution is -2.47. The fraction of sp³-hybridized carbons (Fsp3) is 0.643. The Kier molecular flexibility index (Phi) is 4.88. The Morgan fingerprint density at radius 1 is 1.52 bits per heavy atom. The molecule has 116 valence electrons. The number of nitrogens with zero attached hydrogens (tertiary/aromatic N) is 3. The van der Waals surface area contributed by atoms with Crippen molar-refractivity contribution in [2.75, 3.05) is 18.4 Å². The number of anilines is 1. The third-order valence-corrected chi connectivity index (χ3v) is 3.24. The molecule has 0 saturated carbocycles. The first kappa shape index (κ1) is 15.8. The molecular weight excluding hydrogens is 292 g/mol. The summed E-state index contributed by atoms with van der Waals surface area (Å²) in [5.74, 6) is 0.485. The first-order valence-electron chi connectivity index (χ1n) is 7.06. The Balaban J connectivity index is 1.93. The van der Waals surface area contributed by atoms with E-state index in [0.29, 0.717) is 24.2 Å². The van der Waals surface area contributed by atoms with Gasteiger partial charge in [-0.05, 0) is 39.7 Å². The zero-order chi connectivity index (χ0) is 15.5. The van der Waals surface area contributed by atoms with E-state index in [4.69, 9.17) is 16.3 Å². The van der Waals surface area contributed by atoms with Crippen molar-refractivity contribution in [1.82, 2.24) is 14.9 Å². The number of hydrogen-bond acceptors (Lipinski definition) is 5. The molecule has 6 nitrogen and oxygen atoms in total. The number of nitrogens with one attached hydrogen (secondary N) is 1. The van der Waals surface area contributed by atoms with Crippen LogP contribution in [0.1, 0.15) is 33.6 Å². The zero-order valence-corrected chi connectivity index (χ0v) is 13.4. The molecule has 1 amide bonds. The van der Waals surface area contributed by atoms with Gasteiger partial charge in [0.1, 0.15) is 10.8 Å². The molecule has 2 heterocycles. The van der Waals surface area contributed by atoms with Crippen molar-refractivity contribution in [2.24, 2.45) is 0 Å². The Bertz CT molecular complexity index is 504. The number of carbonyl (C=O) groups excluding carboxylic acids is 1. The standard InChI is InChI=1S/C14H21ClN4O2/c1-14(2,3)21-13(20)19-8-4-5-10(9-19)17-12-16-7-6-11(15)18-12/h6-7,10H,4-5,8-9H2,1-3H3,(H,16,17,18). The van der Waals surface area contributed by atoms with Crippen molar-refractivity contribution in [2.45, 2.75) is 45.3 Å². The van der Waals surface area contributed by atoms with Crippen molar-refractivity contribution in [3.63, 3.8) is 0 Å². The van der Waals surface area contributed by atoms with Crippen LogP contribution in [0.25, 0.3) is 0 Å². The first-order chi connectivity index (χ1) is 9.83. The second-order valence-electron chi connectivity index (χ2n) is 6.11. The maximum absolute atomic E-state index is 12.1. The summed E-state index contributed by atoms with van der Waals surface area (Å²) in [5, 5.41) is 3.61. The number of ether oxygens (including phenoxy) is 1. The second-order valence-corrected chi connectivity index (χ2v) is 6.50. The van der Waals surface area contributed by atoms with Crippen LogP contribution >= 0.6 is 11.6 Å². The minimum atomic E-state index is -0.479. The number of amides is 1. The van der Waals surface area contributed by atoms with Crippen LogP contribution < -0.4 is 5.32 Å². The number of rotatable bonds is 2. The fourth-order valence-corrected chi connectivity index (χ4v) is 2.31. The molecule has 21 heavy (non-hydrogen) atoms. The highest BCUT2D eigenvalue weighted by molar-refractivity contribution is 6.29. The van der Waals surface area contributed by atoms with E-state index < -0.39 is 5.60 Å². The summed E-state index contributed by atoms with van der Waals surface area (Å²) in [6, 6.07) is 1.73. The number of likely N-dealkylation sites (tertiary alicyclic amines) is 1. The Morgan fingerprint density at radius 3 is 2.95 bits per heavy atom. The van der Waals surface area contributed by atoms with Gasteiger partial charge in [-0.3, -0.25) is 0 Å². The van der Waals surface area contributed by atoms with Gasteiger partial charge in [0.25, 0.3) is 0 Å². The lowest BCUT2D eigenvalue weighted by Gasteiger charge is -2.34. The highest BCUT2D eigenvalue weighted by Gasteiger charge is 2.27. The van der Waals surface area contributed by atoms with Crippen LogP contribution in [0, 0.1) is 0 Å². The van der Waals surface area contributed by atoms with Gasteiger partial charge in [-0.2, -0.15) is 0 Å². The van der Waals surface area contributed by atoms with Crippen LogP contribution in [0.2, 0.25) is 5.15 Å². The van der Waals surface area contributed by atoms with Crippen molar-refractivity contribution in [3.8, 4) is 0 Å². The minimum Gasteiger partial charge on any atom is -0.444 e. The summed E-state index contributed by atoms with van der Waals surface area (Å²) >= 11 is 5.84. The van der Waals surface area contributed by atoms with E-state index in [1.54, 1.807) is 17.2 Å². The molecule has 0 aliphatic carbocycles. The van der Waals surface area contributed by atoms with Crippen LogP contribution in [-0.2, 0) is 4.74 Å². The highest BCUT2D eigenvalue weighted by atomic mass is 35.5. The quantitative estimate of drug-likeness (QED) is 0.850. The molecule has 0 radical (unpaired) electrons. The molecule has 1 atom stereocenters. The van der Waals surface area contributed by atoms with E-state index in [0.717, 1.165) is 12.8 Å². The Morgan fingerprint density at radius 2 is 2.29 bits per heavy atom. The molecule has 0 bridgehead atoms. The van der Waals surface area contributed by atoms with E-state index in [1.165, 1.54) is 0 Å². The predicted molar refractivity (Wildman–Crippen MR) is 81.5 cm³/mol. The average molecular weight is 313 g/mol. The molecule has 1 unspecified atom stereocenters. The van der Waals surface area contributed by atoms with Gasteiger partial charge in [0.05, 0.1) is 0 Å². The maximum atomic E-state index is 12.1. The van der Waals surface area contributed by atoms with Crippen LogP contribution in [0.15, 0.2) is 12.3 Å². The van der Waals surface area contributed by atoms with Crippen LogP contribution in [0.3, 0.4) is 0 Å². The third kappa shape index (κ3) is 5.04. The van der Waals surface area contributed by atoms with E-state index in [9.17, 15) is 4.79 Å². The van der Waals surface area contributed by atoms with Gasteiger partial charge in [-0.1, -0.05) is 11.6 Å².